The number of aliphatic carboxylic acids is 1. The minimum Gasteiger partial charge on any atom is -0.481 e. The molecule has 17 heavy (non-hydrogen) atoms. The fourth-order valence-electron chi connectivity index (χ4n) is 1.56. The summed E-state index contributed by atoms with van der Waals surface area (Å²) < 4.78 is 0. The smallest absolute Gasteiger partial charge is 0.304 e. The molecule has 0 heterocycles. The van der Waals surface area contributed by atoms with Gasteiger partial charge in [-0.3, -0.25) is 19.2 Å². The molecule has 0 radical (unpaired) electrons. The van der Waals surface area contributed by atoms with Gasteiger partial charge in [0.25, 0.3) is 0 Å². The topological polar surface area (TPSA) is 88.5 Å². The monoisotopic (exact) mass is 236 g/mol. The summed E-state index contributed by atoms with van der Waals surface area (Å²) in [6.45, 7) is 0. The fourth-order valence-corrected chi connectivity index (χ4v) is 1.56. The van der Waals surface area contributed by atoms with Crippen molar-refractivity contribution >= 4 is 23.3 Å². The van der Waals surface area contributed by atoms with Crippen molar-refractivity contribution in [2.45, 2.75) is 32.1 Å². The van der Waals surface area contributed by atoms with Crippen molar-refractivity contribution in [2.24, 2.45) is 5.92 Å². The number of carbonyl (C=O) groups is 4. The second-order valence-electron chi connectivity index (χ2n) is 3.77. The third-order valence-electron chi connectivity index (χ3n) is 2.46. The second kappa shape index (κ2) is 5.94. The van der Waals surface area contributed by atoms with E-state index in [-0.39, 0.29) is 31.5 Å². The number of carboxylic acid groups (broad SMARTS) is 1. The third-order valence-corrected chi connectivity index (χ3v) is 2.46. The molecule has 0 bridgehead atoms. The van der Waals surface area contributed by atoms with Gasteiger partial charge < -0.3 is 5.11 Å². The molecule has 1 N–H and O–H groups in total. The summed E-state index contributed by atoms with van der Waals surface area (Å²) >= 11 is 0. The van der Waals surface area contributed by atoms with Crippen molar-refractivity contribution in [1.82, 2.24) is 0 Å². The van der Waals surface area contributed by atoms with E-state index in [1.807, 2.05) is 0 Å². The van der Waals surface area contributed by atoms with Crippen LogP contribution in [0.5, 0.6) is 0 Å². The van der Waals surface area contributed by atoms with E-state index in [1.54, 1.807) is 0 Å². The summed E-state index contributed by atoms with van der Waals surface area (Å²) in [7, 11) is 0. The number of ketones is 3. The van der Waals surface area contributed by atoms with E-state index in [2.05, 4.69) is 11.8 Å². The first-order valence-electron chi connectivity index (χ1n) is 5.29. The highest BCUT2D eigenvalue weighted by Gasteiger charge is 2.39. The summed E-state index contributed by atoms with van der Waals surface area (Å²) in [5.41, 5.74) is 0. The predicted molar refractivity (Wildman–Crippen MR) is 57.0 cm³/mol. The van der Waals surface area contributed by atoms with Crippen molar-refractivity contribution in [3.63, 3.8) is 0 Å². The van der Waals surface area contributed by atoms with E-state index in [0.717, 1.165) is 0 Å². The highest BCUT2D eigenvalue weighted by atomic mass is 16.4. The first kappa shape index (κ1) is 13.1. The number of rotatable bonds is 4. The van der Waals surface area contributed by atoms with Crippen molar-refractivity contribution in [1.29, 1.82) is 0 Å². The number of hydrogen-bond acceptors (Lipinski definition) is 4. The lowest BCUT2D eigenvalue weighted by atomic mass is 10.00. The predicted octanol–water partition coefficient (Wildman–Crippen LogP) is 0.362. The van der Waals surface area contributed by atoms with Gasteiger partial charge in [-0.15, -0.1) is 11.8 Å². The molecule has 1 fully saturated rings. The zero-order valence-electron chi connectivity index (χ0n) is 9.19. The lowest BCUT2D eigenvalue weighted by Crippen LogP contribution is -2.16. The van der Waals surface area contributed by atoms with Crippen LogP contribution in [0.25, 0.3) is 0 Å². The molecule has 0 aliphatic heterocycles. The Morgan fingerprint density at radius 1 is 1.24 bits per heavy atom. The van der Waals surface area contributed by atoms with Gasteiger partial charge in [-0.1, -0.05) is 0 Å². The highest BCUT2D eigenvalue weighted by molar-refractivity contribution is 6.49. The maximum atomic E-state index is 11.2. The molecule has 0 amide bonds. The number of hydrogen-bond donors (Lipinski definition) is 1. The van der Waals surface area contributed by atoms with E-state index in [1.165, 1.54) is 0 Å². The SMILES string of the molecule is O=C(O)CCC#CCCC1C(=O)CC(=O)C1=O. The van der Waals surface area contributed by atoms with Crippen molar-refractivity contribution < 1.29 is 24.3 Å². The molecule has 5 heteroatoms. The fraction of sp³-hybridized carbons (Fsp3) is 0.500. The Bertz CT molecular complexity index is 424. The molecule has 0 aromatic heterocycles. The molecule has 1 unspecified atom stereocenters. The van der Waals surface area contributed by atoms with Gasteiger partial charge >= 0.3 is 5.97 Å². The summed E-state index contributed by atoms with van der Waals surface area (Å²) in [4.78, 5) is 43.6. The van der Waals surface area contributed by atoms with Crippen LogP contribution in [-0.2, 0) is 19.2 Å². The van der Waals surface area contributed by atoms with E-state index in [4.69, 9.17) is 5.11 Å². The molecule has 5 nitrogen and oxygen atoms in total. The lowest BCUT2D eigenvalue weighted by Gasteiger charge is -2.00. The first-order valence-corrected chi connectivity index (χ1v) is 5.29. The second-order valence-corrected chi connectivity index (χ2v) is 3.77. The van der Waals surface area contributed by atoms with Crippen molar-refractivity contribution in [2.75, 3.05) is 0 Å². The molecule has 0 spiro atoms. The number of carboxylic acids is 1. The van der Waals surface area contributed by atoms with E-state index in [9.17, 15) is 19.2 Å². The van der Waals surface area contributed by atoms with Gasteiger partial charge in [0.1, 0.15) is 0 Å². The number of Topliss-reactive ketones (excluding diaryl/α,β-unsaturated/α-hetero) is 3. The minimum absolute atomic E-state index is 0.0211. The normalized spacial score (nSPS) is 19.1. The molecule has 1 atom stereocenters. The van der Waals surface area contributed by atoms with E-state index >= 15 is 0 Å². The van der Waals surface area contributed by atoms with Crippen LogP contribution in [-0.4, -0.2) is 28.4 Å². The van der Waals surface area contributed by atoms with Crippen LogP contribution < -0.4 is 0 Å². The summed E-state index contributed by atoms with van der Waals surface area (Å²) in [6.07, 6.45) is 0.530. The van der Waals surface area contributed by atoms with Crippen LogP contribution in [0.3, 0.4) is 0 Å². The lowest BCUT2D eigenvalue weighted by molar-refractivity contribution is -0.137. The molecular formula is C12H12O5. The van der Waals surface area contributed by atoms with Crippen molar-refractivity contribution in [3.05, 3.63) is 0 Å². The number of carbonyl (C=O) groups excluding carboxylic acids is 3. The Morgan fingerprint density at radius 2 is 1.88 bits per heavy atom. The minimum atomic E-state index is -0.911. The Balaban J connectivity index is 2.31. The maximum absolute atomic E-state index is 11.2. The van der Waals surface area contributed by atoms with Gasteiger partial charge in [0.15, 0.2) is 5.78 Å². The molecule has 0 aromatic rings. The zero-order chi connectivity index (χ0) is 12.8. The Hall–Kier alpha value is -1.96. The average Bonchev–Trinajstić information content (AvgIpc) is 2.48. The summed E-state index contributed by atoms with van der Waals surface area (Å²) in [5, 5.41) is 8.35. The van der Waals surface area contributed by atoms with Crippen LogP contribution in [0.1, 0.15) is 32.1 Å². The molecule has 0 saturated heterocycles. The molecule has 1 rings (SSSR count). The summed E-state index contributed by atoms with van der Waals surface area (Å²) in [5.74, 6) is 2.06. The standard InChI is InChI=1S/C12H12O5/c13-9-7-10(14)12(17)8(9)5-3-1-2-4-6-11(15)16/h8H,3-7H2,(H,15,16). The summed E-state index contributed by atoms with van der Waals surface area (Å²) in [6, 6.07) is 0. The third kappa shape index (κ3) is 3.83. The van der Waals surface area contributed by atoms with Gasteiger partial charge in [-0.2, -0.15) is 0 Å². The van der Waals surface area contributed by atoms with Crippen LogP contribution in [0, 0.1) is 17.8 Å². The van der Waals surface area contributed by atoms with Gasteiger partial charge in [-0.05, 0) is 6.42 Å². The Labute approximate surface area is 98.2 Å². The van der Waals surface area contributed by atoms with E-state index < -0.39 is 23.5 Å². The molecule has 1 aliphatic carbocycles. The molecular weight excluding hydrogens is 224 g/mol. The highest BCUT2D eigenvalue weighted by Crippen LogP contribution is 2.19. The quantitative estimate of drug-likeness (QED) is 0.432. The van der Waals surface area contributed by atoms with Crippen molar-refractivity contribution in [3.8, 4) is 11.8 Å². The first-order chi connectivity index (χ1) is 8.02. The maximum Gasteiger partial charge on any atom is 0.304 e. The Morgan fingerprint density at radius 3 is 2.41 bits per heavy atom. The molecule has 90 valence electrons. The van der Waals surface area contributed by atoms with E-state index in [0.29, 0.717) is 6.42 Å². The zero-order valence-corrected chi connectivity index (χ0v) is 9.19. The van der Waals surface area contributed by atoms with Gasteiger partial charge in [0.2, 0.25) is 11.6 Å². The van der Waals surface area contributed by atoms with Crippen LogP contribution in [0.15, 0.2) is 0 Å². The molecule has 0 aromatic carbocycles. The average molecular weight is 236 g/mol. The van der Waals surface area contributed by atoms with Crippen LogP contribution in [0.2, 0.25) is 0 Å². The van der Waals surface area contributed by atoms with Gasteiger partial charge in [0.05, 0.1) is 18.8 Å². The van der Waals surface area contributed by atoms with Crippen LogP contribution in [0.4, 0.5) is 0 Å². The molecule has 1 aliphatic rings. The molecule has 1 saturated carbocycles. The van der Waals surface area contributed by atoms with Gasteiger partial charge in [0, 0.05) is 12.8 Å². The van der Waals surface area contributed by atoms with Crippen LogP contribution >= 0.6 is 0 Å². The Kier molecular flexibility index (Phi) is 4.58. The largest absolute Gasteiger partial charge is 0.481 e. The van der Waals surface area contributed by atoms with Gasteiger partial charge in [-0.25, -0.2) is 0 Å².